The van der Waals surface area contributed by atoms with Crippen molar-refractivity contribution in [2.24, 2.45) is 0 Å². The zero-order valence-electron chi connectivity index (χ0n) is 6.44. The van der Waals surface area contributed by atoms with Crippen LogP contribution in [-0.2, 0) is 0 Å². The SMILES string of the molecule is C/C=C/c1cc(Cl)cc(Cl)c1Cl. The van der Waals surface area contributed by atoms with Crippen molar-refractivity contribution in [3.05, 3.63) is 38.8 Å². The zero-order valence-corrected chi connectivity index (χ0v) is 8.71. The molecule has 0 N–H and O–H groups in total. The summed E-state index contributed by atoms with van der Waals surface area (Å²) in [6, 6.07) is 3.40. The van der Waals surface area contributed by atoms with Crippen molar-refractivity contribution in [3.63, 3.8) is 0 Å². The summed E-state index contributed by atoms with van der Waals surface area (Å²) in [6.45, 7) is 1.91. The predicted molar refractivity (Wildman–Crippen MR) is 56.2 cm³/mol. The number of hydrogen-bond acceptors (Lipinski definition) is 0. The molecule has 1 aromatic rings. The first-order valence-electron chi connectivity index (χ1n) is 3.42. The Morgan fingerprint density at radius 3 is 2.42 bits per heavy atom. The van der Waals surface area contributed by atoms with Crippen molar-refractivity contribution in [1.82, 2.24) is 0 Å². The van der Waals surface area contributed by atoms with E-state index in [1.54, 1.807) is 12.1 Å². The Kier molecular flexibility index (Phi) is 3.45. The highest BCUT2D eigenvalue weighted by Crippen LogP contribution is 2.30. The lowest BCUT2D eigenvalue weighted by Gasteiger charge is -2.01. The minimum absolute atomic E-state index is 0.484. The molecule has 0 nitrogen and oxygen atoms in total. The third-order valence-corrected chi connectivity index (χ3v) is 2.40. The first kappa shape index (κ1) is 9.91. The predicted octanol–water partition coefficient (Wildman–Crippen LogP) is 4.68. The Hall–Kier alpha value is -0.170. The maximum atomic E-state index is 5.90. The van der Waals surface area contributed by atoms with E-state index in [1.807, 2.05) is 19.1 Å². The standard InChI is InChI=1S/C9H7Cl3/c1-2-3-6-4-7(10)5-8(11)9(6)12/h2-5H,1H3/b3-2+. The average Bonchev–Trinajstić information content (AvgIpc) is 2.00. The van der Waals surface area contributed by atoms with Gasteiger partial charge in [-0.3, -0.25) is 0 Å². The smallest absolute Gasteiger partial charge is 0.0665 e. The van der Waals surface area contributed by atoms with E-state index in [0.29, 0.717) is 15.1 Å². The van der Waals surface area contributed by atoms with Gasteiger partial charge in [-0.25, -0.2) is 0 Å². The van der Waals surface area contributed by atoms with Crippen LogP contribution in [0.2, 0.25) is 15.1 Å². The average molecular weight is 222 g/mol. The van der Waals surface area contributed by atoms with E-state index in [1.165, 1.54) is 0 Å². The molecular weight excluding hydrogens is 214 g/mol. The molecule has 0 aromatic heterocycles. The number of hydrogen-bond donors (Lipinski definition) is 0. The van der Waals surface area contributed by atoms with Gasteiger partial charge in [0.25, 0.3) is 0 Å². The second kappa shape index (κ2) is 4.18. The van der Waals surface area contributed by atoms with Gasteiger partial charge in [0.1, 0.15) is 0 Å². The van der Waals surface area contributed by atoms with Gasteiger partial charge >= 0.3 is 0 Å². The van der Waals surface area contributed by atoms with E-state index < -0.39 is 0 Å². The van der Waals surface area contributed by atoms with Gasteiger partial charge in [0.05, 0.1) is 10.0 Å². The Morgan fingerprint density at radius 2 is 1.83 bits per heavy atom. The van der Waals surface area contributed by atoms with Crippen LogP contribution < -0.4 is 0 Å². The van der Waals surface area contributed by atoms with Crippen molar-refractivity contribution in [2.75, 3.05) is 0 Å². The molecule has 64 valence electrons. The Morgan fingerprint density at radius 1 is 1.17 bits per heavy atom. The van der Waals surface area contributed by atoms with Crippen molar-refractivity contribution in [2.45, 2.75) is 6.92 Å². The molecule has 0 radical (unpaired) electrons. The summed E-state index contributed by atoms with van der Waals surface area (Å²) >= 11 is 17.5. The summed E-state index contributed by atoms with van der Waals surface area (Å²) in [6.07, 6.45) is 3.74. The van der Waals surface area contributed by atoms with Gasteiger partial charge in [-0.1, -0.05) is 47.0 Å². The molecule has 0 aliphatic rings. The lowest BCUT2D eigenvalue weighted by molar-refractivity contribution is 1.64. The Balaban J connectivity index is 3.27. The monoisotopic (exact) mass is 220 g/mol. The Bertz CT molecular complexity index is 316. The highest BCUT2D eigenvalue weighted by atomic mass is 35.5. The topological polar surface area (TPSA) is 0 Å². The maximum Gasteiger partial charge on any atom is 0.0665 e. The molecule has 0 saturated carbocycles. The van der Waals surface area contributed by atoms with Crippen molar-refractivity contribution < 1.29 is 0 Å². The highest BCUT2D eigenvalue weighted by Gasteiger charge is 2.03. The van der Waals surface area contributed by atoms with Gasteiger partial charge in [0, 0.05) is 5.02 Å². The molecule has 0 saturated heterocycles. The molecule has 0 atom stereocenters. The van der Waals surface area contributed by atoms with Gasteiger partial charge in [-0.2, -0.15) is 0 Å². The molecule has 3 heteroatoms. The second-order valence-corrected chi connectivity index (χ2v) is 3.51. The lowest BCUT2D eigenvalue weighted by atomic mass is 10.2. The quantitative estimate of drug-likeness (QED) is 0.604. The molecule has 12 heavy (non-hydrogen) atoms. The van der Waals surface area contributed by atoms with E-state index in [-0.39, 0.29) is 0 Å². The molecule has 1 rings (SSSR count). The third-order valence-electron chi connectivity index (χ3n) is 1.37. The summed E-state index contributed by atoms with van der Waals surface area (Å²) in [4.78, 5) is 0. The van der Waals surface area contributed by atoms with Gasteiger partial charge < -0.3 is 0 Å². The van der Waals surface area contributed by atoms with Crippen molar-refractivity contribution in [3.8, 4) is 0 Å². The summed E-state index contributed by atoms with van der Waals surface area (Å²) < 4.78 is 0. The molecule has 0 aliphatic heterocycles. The number of benzene rings is 1. The summed E-state index contributed by atoms with van der Waals surface area (Å²) in [7, 11) is 0. The third kappa shape index (κ3) is 2.16. The van der Waals surface area contributed by atoms with Crippen LogP contribution in [-0.4, -0.2) is 0 Å². The molecule has 0 unspecified atom stereocenters. The molecule has 1 aromatic carbocycles. The summed E-state index contributed by atoms with van der Waals surface area (Å²) in [5.74, 6) is 0. The first-order valence-corrected chi connectivity index (χ1v) is 4.55. The molecule has 0 aliphatic carbocycles. The van der Waals surface area contributed by atoms with Gasteiger partial charge in [0.2, 0.25) is 0 Å². The maximum absolute atomic E-state index is 5.90. The van der Waals surface area contributed by atoms with Crippen LogP contribution in [0.4, 0.5) is 0 Å². The second-order valence-electron chi connectivity index (χ2n) is 2.29. The zero-order chi connectivity index (χ0) is 9.14. The fraction of sp³-hybridized carbons (Fsp3) is 0.111. The first-order chi connectivity index (χ1) is 5.65. The van der Waals surface area contributed by atoms with E-state index in [9.17, 15) is 0 Å². The highest BCUT2D eigenvalue weighted by molar-refractivity contribution is 6.44. The van der Waals surface area contributed by atoms with Crippen LogP contribution in [0, 0.1) is 0 Å². The van der Waals surface area contributed by atoms with Crippen LogP contribution in [0.15, 0.2) is 18.2 Å². The van der Waals surface area contributed by atoms with Crippen molar-refractivity contribution in [1.29, 1.82) is 0 Å². The van der Waals surface area contributed by atoms with E-state index in [0.717, 1.165) is 5.56 Å². The number of halogens is 3. The largest absolute Gasteiger partial charge is 0.0870 e. The molecule has 0 spiro atoms. The lowest BCUT2D eigenvalue weighted by Crippen LogP contribution is -1.77. The summed E-state index contributed by atoms with van der Waals surface area (Å²) in [5, 5.41) is 1.62. The van der Waals surface area contributed by atoms with Crippen molar-refractivity contribution >= 4 is 40.9 Å². The van der Waals surface area contributed by atoms with E-state index in [2.05, 4.69) is 0 Å². The fourth-order valence-electron chi connectivity index (χ4n) is 0.877. The van der Waals surface area contributed by atoms with Gasteiger partial charge in [-0.15, -0.1) is 0 Å². The van der Waals surface area contributed by atoms with Gasteiger partial charge in [0.15, 0.2) is 0 Å². The van der Waals surface area contributed by atoms with Crippen LogP contribution in [0.1, 0.15) is 12.5 Å². The van der Waals surface area contributed by atoms with Crippen LogP contribution >= 0.6 is 34.8 Å². The molecule has 0 fully saturated rings. The van der Waals surface area contributed by atoms with Crippen LogP contribution in [0.5, 0.6) is 0 Å². The summed E-state index contributed by atoms with van der Waals surface area (Å²) in [5.41, 5.74) is 0.844. The molecule has 0 heterocycles. The number of rotatable bonds is 1. The van der Waals surface area contributed by atoms with E-state index >= 15 is 0 Å². The molecule has 0 bridgehead atoms. The van der Waals surface area contributed by atoms with Crippen LogP contribution in [0.3, 0.4) is 0 Å². The molecule has 0 amide bonds. The fourth-order valence-corrected chi connectivity index (χ4v) is 1.56. The van der Waals surface area contributed by atoms with E-state index in [4.69, 9.17) is 34.8 Å². The minimum atomic E-state index is 0.484. The van der Waals surface area contributed by atoms with Gasteiger partial charge in [-0.05, 0) is 24.6 Å². The Labute approximate surface area is 86.7 Å². The number of allylic oxidation sites excluding steroid dienone is 1. The molecular formula is C9H7Cl3. The minimum Gasteiger partial charge on any atom is -0.0870 e. The normalized spacial score (nSPS) is 11.0. The van der Waals surface area contributed by atoms with Crippen LogP contribution in [0.25, 0.3) is 6.08 Å².